The Bertz CT molecular complexity index is 2950. The monoisotopic (exact) mass is 850 g/mol. The van der Waals surface area contributed by atoms with Crippen LogP contribution in [-0.4, -0.2) is 55.1 Å². The summed E-state index contributed by atoms with van der Waals surface area (Å²) in [6.07, 6.45) is 2.29. The number of carbonyl (C=O) groups is 1. The first kappa shape index (κ1) is 42.4. The maximum atomic E-state index is 12.4. The van der Waals surface area contributed by atoms with Gasteiger partial charge >= 0.3 is 5.97 Å². The molecule has 0 heterocycles. The van der Waals surface area contributed by atoms with E-state index in [1.165, 1.54) is 55.5 Å². The highest BCUT2D eigenvalue weighted by Gasteiger charge is 2.19. The molecule has 0 saturated carbocycles. The third kappa shape index (κ3) is 9.96. The zero-order valence-corrected chi connectivity index (χ0v) is 32.3. The van der Waals surface area contributed by atoms with Crippen molar-refractivity contribution >= 4 is 94.0 Å². The fourth-order valence-electron chi connectivity index (χ4n) is 5.08. The number of anilines is 2. The first-order valence-corrected chi connectivity index (χ1v) is 20.3. The molecule has 0 bridgehead atoms. The van der Waals surface area contributed by atoms with Crippen LogP contribution in [0.1, 0.15) is 32.6 Å². The van der Waals surface area contributed by atoms with Crippen molar-refractivity contribution in [3.8, 4) is 5.75 Å². The number of aromatic carboxylic acids is 1. The van der Waals surface area contributed by atoms with Gasteiger partial charge in [0.25, 0.3) is 30.4 Å². The number of nitrogens with two attached hydrogens (primary N) is 2. The van der Waals surface area contributed by atoms with Gasteiger partial charge in [0.15, 0.2) is 0 Å². The van der Waals surface area contributed by atoms with Crippen molar-refractivity contribution in [2.45, 2.75) is 28.5 Å². The maximum absolute atomic E-state index is 12.4. The lowest BCUT2D eigenvalue weighted by Gasteiger charge is -2.10. The van der Waals surface area contributed by atoms with Crippen molar-refractivity contribution in [3.63, 3.8) is 0 Å². The van der Waals surface area contributed by atoms with Crippen LogP contribution in [0.2, 0.25) is 0 Å². The molecule has 5 aromatic carbocycles. The number of rotatable bonds is 12. The molecule has 20 nitrogen and oxygen atoms in total. The molecule has 0 fully saturated rings. The van der Waals surface area contributed by atoms with Gasteiger partial charge in [0, 0.05) is 0 Å². The van der Waals surface area contributed by atoms with Crippen LogP contribution in [0.15, 0.2) is 124 Å². The summed E-state index contributed by atoms with van der Waals surface area (Å²) in [4.78, 5) is 9.77. The van der Waals surface area contributed by atoms with E-state index in [2.05, 4.69) is 30.7 Å². The number of hydrogen-bond donors (Lipinski definition) is 7. The second kappa shape index (κ2) is 16.4. The average molecular weight is 851 g/mol. The summed E-state index contributed by atoms with van der Waals surface area (Å²) in [5.74, 6) is -1.88. The molecule has 0 aliphatic heterocycles. The zero-order valence-electron chi connectivity index (χ0n) is 29.8. The molecule has 0 saturated heterocycles. The number of hydrogen-bond acceptors (Lipinski definition) is 16. The predicted octanol–water partition coefficient (Wildman–Crippen LogP) is 8.03. The summed E-state index contributed by atoms with van der Waals surface area (Å²) >= 11 is 0. The van der Waals surface area contributed by atoms with Crippen molar-refractivity contribution in [2.75, 3.05) is 11.5 Å². The quantitative estimate of drug-likeness (QED) is 0.0270. The Hall–Kier alpha value is -6.76. The Morgan fingerprint density at radius 3 is 1.55 bits per heavy atom. The van der Waals surface area contributed by atoms with E-state index in [0.29, 0.717) is 5.56 Å². The molecule has 0 unspecified atom stereocenters. The van der Waals surface area contributed by atoms with E-state index in [-0.39, 0.29) is 67.1 Å². The SMILES string of the molecule is Cc1cc(N=Nc2ccc(S(=O)(=O)O)cc2)c(N)c(N=Nc2ccc(C=Cc3ccc(N=Nc4cc(C)c(O)c(C(=O)O)c4)cc3S(=O)(=O)O)c(S(=O)(=O)O)c2)c1N. The Kier molecular flexibility index (Phi) is 12.0. The van der Waals surface area contributed by atoms with E-state index in [9.17, 15) is 49.4 Å². The van der Waals surface area contributed by atoms with Crippen LogP contribution in [0, 0.1) is 13.8 Å². The second-order valence-electron chi connectivity index (χ2n) is 12.1. The van der Waals surface area contributed by atoms with Crippen molar-refractivity contribution in [2.24, 2.45) is 30.7 Å². The molecule has 0 aliphatic carbocycles. The molecule has 5 rings (SSSR count). The van der Waals surface area contributed by atoms with Gasteiger partial charge in [-0.2, -0.15) is 45.7 Å². The molecule has 0 spiro atoms. The number of aromatic hydroxyl groups is 1. The summed E-state index contributed by atoms with van der Waals surface area (Å²) in [7, 11) is -14.3. The van der Waals surface area contributed by atoms with Crippen molar-refractivity contribution < 1.29 is 53.9 Å². The molecule has 9 N–H and O–H groups in total. The van der Waals surface area contributed by atoms with Gasteiger partial charge in [-0.1, -0.05) is 24.3 Å². The number of phenols is 1. The minimum atomic E-state index is -4.94. The van der Waals surface area contributed by atoms with Crippen LogP contribution in [0.3, 0.4) is 0 Å². The molecule has 0 aromatic heterocycles. The number of benzene rings is 5. The zero-order chi connectivity index (χ0) is 42.7. The molecule has 300 valence electrons. The number of azo groups is 3. The van der Waals surface area contributed by atoms with E-state index in [4.69, 9.17) is 16.0 Å². The fraction of sp³-hybridized carbons (Fsp3) is 0.0571. The van der Waals surface area contributed by atoms with E-state index < -0.39 is 57.4 Å². The van der Waals surface area contributed by atoms with Crippen LogP contribution in [0.25, 0.3) is 12.2 Å². The highest BCUT2D eigenvalue weighted by atomic mass is 32.2. The smallest absolute Gasteiger partial charge is 0.339 e. The molecular formula is C35H30N8O12S3. The van der Waals surface area contributed by atoms with Gasteiger partial charge < -0.3 is 21.7 Å². The lowest BCUT2D eigenvalue weighted by atomic mass is 10.1. The van der Waals surface area contributed by atoms with Crippen molar-refractivity contribution in [3.05, 3.63) is 107 Å². The number of carboxylic acids is 1. The third-order valence-electron chi connectivity index (χ3n) is 8.03. The molecule has 58 heavy (non-hydrogen) atoms. The van der Waals surface area contributed by atoms with Gasteiger partial charge in [-0.05, 0) is 103 Å². The van der Waals surface area contributed by atoms with Gasteiger partial charge in [-0.3, -0.25) is 13.7 Å². The fourth-order valence-corrected chi connectivity index (χ4v) is 6.96. The third-order valence-corrected chi connectivity index (χ3v) is 10.7. The van der Waals surface area contributed by atoms with Crippen LogP contribution >= 0.6 is 0 Å². The molecule has 0 atom stereocenters. The molecule has 0 radical (unpaired) electrons. The summed E-state index contributed by atoms with van der Waals surface area (Å²) in [5, 5.41) is 43.3. The maximum Gasteiger partial charge on any atom is 0.339 e. The largest absolute Gasteiger partial charge is 0.507 e. The Labute approximate surface area is 329 Å². The number of aryl methyl sites for hydroxylation is 2. The number of carboxylic acid groups (broad SMARTS) is 1. The molecular weight excluding hydrogens is 821 g/mol. The second-order valence-corrected chi connectivity index (χ2v) is 16.4. The van der Waals surface area contributed by atoms with E-state index in [0.717, 1.165) is 42.5 Å². The molecule has 0 aliphatic rings. The van der Waals surface area contributed by atoms with Crippen LogP contribution < -0.4 is 11.5 Å². The van der Waals surface area contributed by atoms with Crippen LogP contribution in [0.5, 0.6) is 5.75 Å². The van der Waals surface area contributed by atoms with E-state index in [1.807, 2.05) is 0 Å². The first-order valence-electron chi connectivity index (χ1n) is 16.0. The predicted molar refractivity (Wildman–Crippen MR) is 210 cm³/mol. The standard InChI is InChI=1S/C35H30N8O12S3/c1-18-14-28(42-38-22-9-11-26(12-10-22)56(47,48)49)32(37)33(31(18)36)43-40-24-8-6-21(30(17-24)58(53,54)55)4-3-20-5-7-23(16-29(20)57(50,51)52)39-41-25-13-19(2)34(44)27(15-25)35(45)46/h3-17,44H,36-37H2,1-2H3,(H,45,46)(H,47,48,49)(H,50,51,52)(H,53,54,55). The molecule has 23 heteroatoms. The molecule has 5 aromatic rings. The summed E-state index contributed by atoms with van der Waals surface area (Å²) < 4.78 is 101. The molecule has 0 amide bonds. The number of nitrogens with zero attached hydrogens (tertiary/aromatic N) is 6. The van der Waals surface area contributed by atoms with Gasteiger partial charge in [0.2, 0.25) is 0 Å². The normalized spacial score (nSPS) is 12.7. The van der Waals surface area contributed by atoms with Crippen molar-refractivity contribution in [1.29, 1.82) is 0 Å². The highest BCUT2D eigenvalue weighted by Crippen LogP contribution is 2.41. The van der Waals surface area contributed by atoms with Gasteiger partial charge in [-0.25, -0.2) is 4.79 Å². The summed E-state index contributed by atoms with van der Waals surface area (Å²) in [5.41, 5.74) is 12.5. The Morgan fingerprint density at radius 2 is 1.05 bits per heavy atom. The van der Waals surface area contributed by atoms with Crippen LogP contribution in [0.4, 0.5) is 45.5 Å². The minimum Gasteiger partial charge on any atom is -0.507 e. The van der Waals surface area contributed by atoms with Gasteiger partial charge in [-0.15, -0.1) is 10.2 Å². The summed E-state index contributed by atoms with van der Waals surface area (Å²) in [6, 6.07) is 15.7. The van der Waals surface area contributed by atoms with Gasteiger partial charge in [0.05, 0.1) is 39.0 Å². The van der Waals surface area contributed by atoms with E-state index in [1.54, 1.807) is 6.92 Å². The minimum absolute atomic E-state index is 0.0228. The lowest BCUT2D eigenvalue weighted by molar-refractivity contribution is 0.0693. The topological polar surface area (TPSA) is 347 Å². The number of nitrogen functional groups attached to an aromatic ring is 2. The first-order chi connectivity index (χ1) is 27.0. The van der Waals surface area contributed by atoms with E-state index >= 15 is 0 Å². The van der Waals surface area contributed by atoms with Crippen LogP contribution in [-0.2, 0) is 30.4 Å². The highest BCUT2D eigenvalue weighted by molar-refractivity contribution is 7.86. The van der Waals surface area contributed by atoms with Crippen molar-refractivity contribution in [1.82, 2.24) is 0 Å². The average Bonchev–Trinajstić information content (AvgIpc) is 3.14. The summed E-state index contributed by atoms with van der Waals surface area (Å²) in [6.45, 7) is 3.06. The lowest BCUT2D eigenvalue weighted by Crippen LogP contribution is -2.01. The Balaban J connectivity index is 1.44. The Morgan fingerprint density at radius 1 is 0.569 bits per heavy atom. The van der Waals surface area contributed by atoms with Gasteiger partial charge in [0.1, 0.15) is 32.5 Å².